The summed E-state index contributed by atoms with van der Waals surface area (Å²) in [6.07, 6.45) is 0. The van der Waals surface area contributed by atoms with Gasteiger partial charge in [0.2, 0.25) is 5.91 Å². The lowest BCUT2D eigenvalue weighted by Crippen LogP contribution is -2.62. The molecule has 4 rings (SSSR count). The van der Waals surface area contributed by atoms with E-state index >= 15 is 0 Å². The van der Waals surface area contributed by atoms with Gasteiger partial charge in [-0.2, -0.15) is 0 Å². The molecular formula is C22H19NO2. The Balaban J connectivity index is 1.83. The van der Waals surface area contributed by atoms with Crippen molar-refractivity contribution in [2.75, 3.05) is 0 Å². The van der Waals surface area contributed by atoms with Gasteiger partial charge in [-0.05, 0) is 42.3 Å². The summed E-state index contributed by atoms with van der Waals surface area (Å²) in [5, 5.41) is 2.20. The third kappa shape index (κ3) is 2.27. The number of rotatable bonds is 2. The second-order valence-electron chi connectivity index (χ2n) is 7.04. The van der Waals surface area contributed by atoms with Crippen molar-refractivity contribution in [1.82, 2.24) is 4.90 Å². The quantitative estimate of drug-likeness (QED) is 0.509. The maximum atomic E-state index is 13.0. The highest BCUT2D eigenvalue weighted by Crippen LogP contribution is 2.51. The SMILES string of the molecule is CC1(C)C(=O)N(C(=O)c2ccccc2)C1c1cccc2ccccc12. The van der Waals surface area contributed by atoms with Crippen LogP contribution >= 0.6 is 0 Å². The topological polar surface area (TPSA) is 37.4 Å². The Morgan fingerprint density at radius 1 is 0.880 bits per heavy atom. The average molecular weight is 329 g/mol. The van der Waals surface area contributed by atoms with E-state index in [1.54, 1.807) is 12.1 Å². The van der Waals surface area contributed by atoms with Crippen LogP contribution in [0.5, 0.6) is 0 Å². The number of carbonyl (C=O) groups excluding carboxylic acids is 2. The molecule has 1 aliphatic heterocycles. The van der Waals surface area contributed by atoms with Crippen molar-refractivity contribution in [2.24, 2.45) is 5.41 Å². The van der Waals surface area contributed by atoms with E-state index in [1.165, 1.54) is 4.90 Å². The van der Waals surface area contributed by atoms with Crippen molar-refractivity contribution < 1.29 is 9.59 Å². The number of benzene rings is 3. The first-order valence-electron chi connectivity index (χ1n) is 8.42. The van der Waals surface area contributed by atoms with Gasteiger partial charge in [-0.25, -0.2) is 0 Å². The van der Waals surface area contributed by atoms with E-state index in [0.717, 1.165) is 16.3 Å². The van der Waals surface area contributed by atoms with E-state index in [2.05, 4.69) is 18.2 Å². The summed E-state index contributed by atoms with van der Waals surface area (Å²) in [6.45, 7) is 3.83. The first-order valence-corrected chi connectivity index (χ1v) is 8.42. The van der Waals surface area contributed by atoms with Crippen molar-refractivity contribution in [3.05, 3.63) is 83.9 Å². The van der Waals surface area contributed by atoms with Gasteiger partial charge in [-0.3, -0.25) is 14.5 Å². The second kappa shape index (κ2) is 5.55. The number of likely N-dealkylation sites (tertiary alicyclic amines) is 1. The summed E-state index contributed by atoms with van der Waals surface area (Å²) in [4.78, 5) is 27.1. The summed E-state index contributed by atoms with van der Waals surface area (Å²) in [5.41, 5.74) is 0.956. The third-order valence-corrected chi connectivity index (χ3v) is 5.07. The van der Waals surface area contributed by atoms with Gasteiger partial charge in [0.15, 0.2) is 0 Å². The Hall–Kier alpha value is -2.94. The Bertz CT molecular complexity index is 970. The number of hydrogen-bond donors (Lipinski definition) is 0. The Morgan fingerprint density at radius 2 is 1.52 bits per heavy atom. The lowest BCUT2D eigenvalue weighted by atomic mass is 9.69. The normalized spacial score (nSPS) is 18.9. The highest BCUT2D eigenvalue weighted by Gasteiger charge is 2.57. The van der Waals surface area contributed by atoms with Gasteiger partial charge in [0, 0.05) is 5.56 Å². The van der Waals surface area contributed by atoms with Gasteiger partial charge >= 0.3 is 0 Å². The molecule has 0 N–H and O–H groups in total. The van der Waals surface area contributed by atoms with E-state index in [-0.39, 0.29) is 17.9 Å². The number of amides is 2. The maximum Gasteiger partial charge on any atom is 0.261 e. The largest absolute Gasteiger partial charge is 0.274 e. The molecule has 0 spiro atoms. The molecule has 3 heteroatoms. The van der Waals surface area contributed by atoms with Crippen LogP contribution in [0.1, 0.15) is 35.8 Å². The molecule has 2 amide bonds. The zero-order valence-corrected chi connectivity index (χ0v) is 14.3. The fourth-order valence-electron chi connectivity index (χ4n) is 3.75. The fraction of sp³-hybridized carbons (Fsp3) is 0.182. The van der Waals surface area contributed by atoms with E-state index in [9.17, 15) is 9.59 Å². The molecule has 0 aliphatic carbocycles. The van der Waals surface area contributed by atoms with Crippen LogP contribution in [-0.2, 0) is 4.79 Å². The lowest BCUT2D eigenvalue weighted by molar-refractivity contribution is -0.161. The number of fused-ring (bicyclic) bond motifs is 1. The molecule has 1 atom stereocenters. The predicted molar refractivity (Wildman–Crippen MR) is 98.1 cm³/mol. The van der Waals surface area contributed by atoms with Crippen molar-refractivity contribution in [3.8, 4) is 0 Å². The molecule has 25 heavy (non-hydrogen) atoms. The molecule has 1 fully saturated rings. The van der Waals surface area contributed by atoms with Crippen molar-refractivity contribution in [1.29, 1.82) is 0 Å². The molecule has 0 aromatic heterocycles. The van der Waals surface area contributed by atoms with Gasteiger partial charge < -0.3 is 0 Å². The van der Waals surface area contributed by atoms with Crippen LogP contribution in [0.2, 0.25) is 0 Å². The minimum Gasteiger partial charge on any atom is -0.274 e. The van der Waals surface area contributed by atoms with Crippen LogP contribution < -0.4 is 0 Å². The molecule has 1 unspecified atom stereocenters. The average Bonchev–Trinajstić information content (AvgIpc) is 2.65. The summed E-state index contributed by atoms with van der Waals surface area (Å²) in [6, 6.07) is 22.9. The molecule has 3 aromatic rings. The maximum absolute atomic E-state index is 13.0. The van der Waals surface area contributed by atoms with Crippen molar-refractivity contribution in [2.45, 2.75) is 19.9 Å². The van der Waals surface area contributed by atoms with Crippen LogP contribution in [0.15, 0.2) is 72.8 Å². The van der Waals surface area contributed by atoms with E-state index in [0.29, 0.717) is 5.56 Å². The second-order valence-corrected chi connectivity index (χ2v) is 7.04. The first-order chi connectivity index (χ1) is 12.0. The molecule has 0 saturated carbocycles. The van der Waals surface area contributed by atoms with Crippen molar-refractivity contribution in [3.63, 3.8) is 0 Å². The molecule has 1 saturated heterocycles. The zero-order chi connectivity index (χ0) is 17.6. The Labute approximate surface area is 146 Å². The van der Waals surface area contributed by atoms with Crippen LogP contribution in [0, 0.1) is 5.41 Å². The molecule has 3 aromatic carbocycles. The van der Waals surface area contributed by atoms with E-state index < -0.39 is 5.41 Å². The highest BCUT2D eigenvalue weighted by molar-refractivity contribution is 6.11. The van der Waals surface area contributed by atoms with Gasteiger partial charge in [0.05, 0.1) is 11.5 Å². The van der Waals surface area contributed by atoms with Crippen molar-refractivity contribution >= 4 is 22.6 Å². The molecule has 0 radical (unpaired) electrons. The molecule has 3 nitrogen and oxygen atoms in total. The van der Waals surface area contributed by atoms with Gasteiger partial charge in [-0.1, -0.05) is 60.7 Å². The molecule has 1 heterocycles. The lowest BCUT2D eigenvalue weighted by Gasteiger charge is -2.52. The van der Waals surface area contributed by atoms with Gasteiger partial charge in [0.25, 0.3) is 5.91 Å². The Morgan fingerprint density at radius 3 is 2.28 bits per heavy atom. The standard InChI is InChI=1S/C22H19NO2/c1-22(2)19(18-14-8-12-15-9-6-7-13-17(15)18)23(21(22)25)20(24)16-10-4-3-5-11-16/h3-14,19H,1-2H3. The van der Waals surface area contributed by atoms with Gasteiger partial charge in [0.1, 0.15) is 0 Å². The van der Waals surface area contributed by atoms with Crippen LogP contribution in [-0.4, -0.2) is 16.7 Å². The molecular weight excluding hydrogens is 310 g/mol. The zero-order valence-electron chi connectivity index (χ0n) is 14.3. The van der Waals surface area contributed by atoms with Crippen LogP contribution in [0.3, 0.4) is 0 Å². The Kier molecular flexibility index (Phi) is 3.46. The number of carbonyl (C=O) groups is 2. The third-order valence-electron chi connectivity index (χ3n) is 5.07. The predicted octanol–water partition coefficient (Wildman–Crippen LogP) is 4.59. The van der Waals surface area contributed by atoms with Gasteiger partial charge in [-0.15, -0.1) is 0 Å². The summed E-state index contributed by atoms with van der Waals surface area (Å²) in [5.74, 6) is -0.359. The fourth-order valence-corrected chi connectivity index (χ4v) is 3.75. The number of hydrogen-bond acceptors (Lipinski definition) is 2. The number of imide groups is 1. The summed E-state index contributed by atoms with van der Waals surface area (Å²) < 4.78 is 0. The smallest absolute Gasteiger partial charge is 0.261 e. The number of β-lactam (4-membered cyclic amide) rings is 1. The molecule has 0 bridgehead atoms. The van der Waals surface area contributed by atoms with E-state index in [4.69, 9.17) is 0 Å². The highest BCUT2D eigenvalue weighted by atomic mass is 16.2. The minimum atomic E-state index is -0.603. The monoisotopic (exact) mass is 329 g/mol. The minimum absolute atomic E-state index is 0.126. The first kappa shape index (κ1) is 15.6. The summed E-state index contributed by atoms with van der Waals surface area (Å²) >= 11 is 0. The number of nitrogens with zero attached hydrogens (tertiary/aromatic N) is 1. The van der Waals surface area contributed by atoms with E-state index in [1.807, 2.05) is 56.3 Å². The van der Waals surface area contributed by atoms with Crippen LogP contribution in [0.4, 0.5) is 0 Å². The van der Waals surface area contributed by atoms with Crippen LogP contribution in [0.25, 0.3) is 10.8 Å². The molecule has 124 valence electrons. The summed E-state index contributed by atoms with van der Waals surface area (Å²) in [7, 11) is 0. The molecule has 1 aliphatic rings.